The van der Waals surface area contributed by atoms with Crippen LogP contribution in [0.3, 0.4) is 0 Å². The van der Waals surface area contributed by atoms with Crippen molar-refractivity contribution in [2.75, 3.05) is 26.0 Å². The van der Waals surface area contributed by atoms with Gasteiger partial charge in [0.2, 0.25) is 10.0 Å². The second-order valence-electron chi connectivity index (χ2n) is 7.72. The molecule has 1 N–H and O–H groups in total. The van der Waals surface area contributed by atoms with Gasteiger partial charge in [0.15, 0.2) is 6.61 Å². The lowest BCUT2D eigenvalue weighted by Gasteiger charge is -2.13. The van der Waals surface area contributed by atoms with E-state index in [1.165, 1.54) is 38.4 Å². The average molecular weight is 454 g/mol. The molecule has 8 nitrogen and oxygen atoms in total. The number of para-hydroxylation sites is 1. The summed E-state index contributed by atoms with van der Waals surface area (Å²) in [6.07, 6.45) is 2.51. The number of hydrogen-bond acceptors (Lipinski definition) is 6. The van der Waals surface area contributed by atoms with Crippen LogP contribution in [0.5, 0.6) is 0 Å². The maximum atomic E-state index is 12.9. The first-order valence-corrected chi connectivity index (χ1v) is 11.6. The lowest BCUT2D eigenvalue weighted by Crippen LogP contribution is -2.23. The van der Waals surface area contributed by atoms with Crippen molar-refractivity contribution < 1.29 is 22.7 Å². The molecule has 9 heteroatoms. The molecule has 0 unspecified atom stereocenters. The molecule has 166 valence electrons. The summed E-state index contributed by atoms with van der Waals surface area (Å²) in [5.74, 6) is -1.07. The standard InChI is InChI=1S/C23H23N3O5S/c1-26(2)32(29,30)16-12-10-15(11-13-16)24-21(27)14-31-23(28)22-17-6-3-4-8-19(17)25-20-9-5-7-18(20)22/h3-4,6,8,10-13H,5,7,9,14H2,1-2H3,(H,24,27). The Morgan fingerprint density at radius 2 is 1.78 bits per heavy atom. The summed E-state index contributed by atoms with van der Waals surface area (Å²) in [5, 5.41) is 3.33. The van der Waals surface area contributed by atoms with E-state index in [1.54, 1.807) is 0 Å². The van der Waals surface area contributed by atoms with E-state index in [9.17, 15) is 18.0 Å². The number of aryl methyl sites for hydroxylation is 1. The van der Waals surface area contributed by atoms with Crippen molar-refractivity contribution in [3.63, 3.8) is 0 Å². The van der Waals surface area contributed by atoms with Crippen molar-refractivity contribution >= 4 is 38.5 Å². The number of carbonyl (C=O) groups is 2. The van der Waals surface area contributed by atoms with Crippen LogP contribution in [0.4, 0.5) is 5.69 Å². The summed E-state index contributed by atoms with van der Waals surface area (Å²) >= 11 is 0. The minimum absolute atomic E-state index is 0.116. The maximum Gasteiger partial charge on any atom is 0.339 e. The van der Waals surface area contributed by atoms with Gasteiger partial charge in [0.05, 0.1) is 16.0 Å². The van der Waals surface area contributed by atoms with Crippen molar-refractivity contribution in [1.82, 2.24) is 9.29 Å². The Balaban J connectivity index is 1.45. The lowest BCUT2D eigenvalue weighted by atomic mass is 10.0. The first kappa shape index (κ1) is 21.9. The highest BCUT2D eigenvalue weighted by Gasteiger charge is 2.25. The Hall–Kier alpha value is -3.30. The van der Waals surface area contributed by atoms with Gasteiger partial charge in [0.1, 0.15) is 0 Å². The van der Waals surface area contributed by atoms with Gasteiger partial charge in [-0.2, -0.15) is 0 Å². The highest BCUT2D eigenvalue weighted by atomic mass is 32.2. The molecule has 1 amide bonds. The third-order valence-electron chi connectivity index (χ3n) is 5.37. The number of hydrogen-bond donors (Lipinski definition) is 1. The molecule has 3 aromatic rings. The molecule has 2 aromatic carbocycles. The lowest BCUT2D eigenvalue weighted by molar-refractivity contribution is -0.119. The molecule has 0 atom stereocenters. The molecule has 0 saturated carbocycles. The van der Waals surface area contributed by atoms with E-state index in [2.05, 4.69) is 10.3 Å². The Morgan fingerprint density at radius 3 is 2.50 bits per heavy atom. The topological polar surface area (TPSA) is 106 Å². The fourth-order valence-electron chi connectivity index (χ4n) is 3.77. The van der Waals surface area contributed by atoms with Gasteiger partial charge in [0, 0.05) is 30.9 Å². The van der Waals surface area contributed by atoms with Crippen LogP contribution in [0.1, 0.15) is 28.0 Å². The molecule has 1 aromatic heterocycles. The second-order valence-corrected chi connectivity index (χ2v) is 9.87. The van der Waals surface area contributed by atoms with E-state index >= 15 is 0 Å². The summed E-state index contributed by atoms with van der Waals surface area (Å²) in [7, 11) is -0.661. The quantitative estimate of drug-likeness (QED) is 0.576. The molecule has 0 radical (unpaired) electrons. The number of esters is 1. The van der Waals surface area contributed by atoms with E-state index in [-0.39, 0.29) is 4.90 Å². The van der Waals surface area contributed by atoms with Crippen LogP contribution in [-0.4, -0.2) is 50.3 Å². The zero-order chi connectivity index (χ0) is 22.9. The van der Waals surface area contributed by atoms with Crippen molar-refractivity contribution in [2.24, 2.45) is 0 Å². The van der Waals surface area contributed by atoms with E-state index in [0.717, 1.165) is 45.7 Å². The van der Waals surface area contributed by atoms with Crippen LogP contribution in [0.2, 0.25) is 0 Å². The molecule has 0 aliphatic heterocycles. The number of benzene rings is 2. The first-order chi connectivity index (χ1) is 15.3. The SMILES string of the molecule is CN(C)S(=O)(=O)c1ccc(NC(=O)COC(=O)c2c3c(nc4ccccc24)CCC3)cc1. The van der Waals surface area contributed by atoms with Crippen molar-refractivity contribution in [3.05, 3.63) is 65.4 Å². The predicted octanol–water partition coefficient (Wildman–Crippen LogP) is 2.77. The molecule has 0 spiro atoms. The number of rotatable bonds is 6. The van der Waals surface area contributed by atoms with Gasteiger partial charge in [-0.3, -0.25) is 9.78 Å². The zero-order valence-corrected chi connectivity index (χ0v) is 18.6. The number of anilines is 1. The molecule has 0 saturated heterocycles. The van der Waals surface area contributed by atoms with Gasteiger partial charge in [-0.05, 0) is 55.2 Å². The molecular formula is C23H23N3O5S. The fraction of sp³-hybridized carbons (Fsp3) is 0.261. The highest BCUT2D eigenvalue weighted by molar-refractivity contribution is 7.89. The molecular weight excluding hydrogens is 430 g/mol. The minimum atomic E-state index is -3.55. The highest BCUT2D eigenvalue weighted by Crippen LogP contribution is 2.30. The maximum absolute atomic E-state index is 12.9. The average Bonchev–Trinajstić information content (AvgIpc) is 3.24. The van der Waals surface area contributed by atoms with E-state index < -0.39 is 28.5 Å². The van der Waals surface area contributed by atoms with Gasteiger partial charge in [-0.15, -0.1) is 0 Å². The van der Waals surface area contributed by atoms with Crippen LogP contribution in [-0.2, 0) is 32.4 Å². The molecule has 0 bridgehead atoms. The number of ether oxygens (including phenoxy) is 1. The predicted molar refractivity (Wildman–Crippen MR) is 120 cm³/mol. The normalized spacial score (nSPS) is 13.2. The van der Waals surface area contributed by atoms with Crippen LogP contribution >= 0.6 is 0 Å². The van der Waals surface area contributed by atoms with E-state index in [1.807, 2.05) is 24.3 Å². The largest absolute Gasteiger partial charge is 0.452 e. The van der Waals surface area contributed by atoms with Crippen molar-refractivity contribution in [1.29, 1.82) is 0 Å². The molecule has 1 aliphatic rings. The Morgan fingerprint density at radius 1 is 1.06 bits per heavy atom. The van der Waals surface area contributed by atoms with Crippen LogP contribution in [0.15, 0.2) is 53.4 Å². The summed E-state index contributed by atoms with van der Waals surface area (Å²) in [4.78, 5) is 30.0. The second kappa shape index (κ2) is 8.68. The number of amides is 1. The smallest absolute Gasteiger partial charge is 0.339 e. The van der Waals surface area contributed by atoms with E-state index in [0.29, 0.717) is 11.3 Å². The number of nitrogens with zero attached hydrogens (tertiary/aromatic N) is 2. The number of sulfonamides is 1. The van der Waals surface area contributed by atoms with Crippen LogP contribution < -0.4 is 5.32 Å². The third-order valence-corrected chi connectivity index (χ3v) is 7.20. The number of nitrogens with one attached hydrogen (secondary N) is 1. The molecule has 1 aliphatic carbocycles. The number of pyridine rings is 1. The monoisotopic (exact) mass is 453 g/mol. The van der Waals surface area contributed by atoms with Crippen LogP contribution in [0.25, 0.3) is 10.9 Å². The van der Waals surface area contributed by atoms with Gasteiger partial charge in [0.25, 0.3) is 5.91 Å². The Labute approximate surface area is 186 Å². The first-order valence-electron chi connectivity index (χ1n) is 10.2. The zero-order valence-electron chi connectivity index (χ0n) is 17.8. The Kier molecular flexibility index (Phi) is 5.94. The summed E-state index contributed by atoms with van der Waals surface area (Å²) < 4.78 is 30.7. The van der Waals surface area contributed by atoms with Crippen molar-refractivity contribution in [3.8, 4) is 0 Å². The Bertz CT molecular complexity index is 1300. The van der Waals surface area contributed by atoms with Gasteiger partial charge >= 0.3 is 5.97 Å². The van der Waals surface area contributed by atoms with Gasteiger partial charge in [-0.25, -0.2) is 17.5 Å². The number of carbonyl (C=O) groups excluding carboxylic acids is 2. The summed E-state index contributed by atoms with van der Waals surface area (Å²) in [6, 6.07) is 13.2. The van der Waals surface area contributed by atoms with Gasteiger partial charge < -0.3 is 10.1 Å². The van der Waals surface area contributed by atoms with E-state index in [4.69, 9.17) is 4.74 Å². The minimum Gasteiger partial charge on any atom is -0.452 e. The van der Waals surface area contributed by atoms with Crippen LogP contribution in [0, 0.1) is 0 Å². The molecule has 32 heavy (non-hydrogen) atoms. The third kappa shape index (κ3) is 4.21. The van der Waals surface area contributed by atoms with Crippen molar-refractivity contribution in [2.45, 2.75) is 24.2 Å². The fourth-order valence-corrected chi connectivity index (χ4v) is 4.67. The summed E-state index contributed by atoms with van der Waals surface area (Å²) in [5.41, 5.74) is 3.42. The molecule has 0 fully saturated rings. The molecule has 4 rings (SSSR count). The number of fused-ring (bicyclic) bond motifs is 2. The summed E-state index contributed by atoms with van der Waals surface area (Å²) in [6.45, 7) is -0.456. The molecule has 1 heterocycles. The number of aromatic nitrogens is 1. The van der Waals surface area contributed by atoms with Gasteiger partial charge in [-0.1, -0.05) is 18.2 Å².